The highest BCUT2D eigenvalue weighted by atomic mass is 35.5. The Kier molecular flexibility index (Phi) is 11.1. The number of anilines is 1. The SMILES string of the molecule is COc1cc(NC(=O)NC2CCCC2N(C)CCCc2ccc(Cl)cc2)cc(OC)c1OC.Cl. The van der Waals surface area contributed by atoms with Gasteiger partial charge in [-0.2, -0.15) is 0 Å². The number of carbonyl (C=O) groups excluding carboxylic acids is 1. The molecule has 0 heterocycles. The van der Waals surface area contributed by atoms with E-state index < -0.39 is 0 Å². The number of nitrogens with zero attached hydrogens (tertiary/aromatic N) is 1. The van der Waals surface area contributed by atoms with Crippen LogP contribution in [0.4, 0.5) is 10.5 Å². The van der Waals surface area contributed by atoms with Crippen molar-refractivity contribution in [2.75, 3.05) is 40.2 Å². The van der Waals surface area contributed by atoms with Crippen LogP contribution in [-0.2, 0) is 6.42 Å². The summed E-state index contributed by atoms with van der Waals surface area (Å²) in [5.74, 6) is 1.47. The van der Waals surface area contributed by atoms with E-state index in [1.165, 1.54) is 5.56 Å². The van der Waals surface area contributed by atoms with E-state index in [0.29, 0.717) is 29.0 Å². The Bertz CT molecular complexity index is 902. The van der Waals surface area contributed by atoms with Crippen LogP contribution in [-0.4, -0.2) is 57.9 Å². The first-order chi connectivity index (χ1) is 15.9. The molecule has 9 heteroatoms. The Labute approximate surface area is 213 Å². The molecule has 0 saturated heterocycles. The summed E-state index contributed by atoms with van der Waals surface area (Å²) < 4.78 is 16.1. The number of aryl methyl sites for hydroxylation is 1. The Balaban J connectivity index is 0.00000408. The zero-order valence-corrected chi connectivity index (χ0v) is 21.8. The van der Waals surface area contributed by atoms with Crippen molar-refractivity contribution in [1.82, 2.24) is 10.2 Å². The van der Waals surface area contributed by atoms with Crippen molar-refractivity contribution in [2.45, 2.75) is 44.2 Å². The molecule has 1 aliphatic rings. The first-order valence-corrected chi connectivity index (χ1v) is 11.6. The van der Waals surface area contributed by atoms with Gasteiger partial charge in [0.05, 0.1) is 27.0 Å². The Morgan fingerprint density at radius 2 is 1.71 bits per heavy atom. The molecule has 3 rings (SSSR count). The number of amides is 2. The van der Waals surface area contributed by atoms with Gasteiger partial charge in [0.15, 0.2) is 11.5 Å². The molecule has 2 aromatic rings. The molecule has 1 fully saturated rings. The lowest BCUT2D eigenvalue weighted by atomic mass is 10.1. The quantitative estimate of drug-likeness (QED) is 0.447. The van der Waals surface area contributed by atoms with E-state index in [4.69, 9.17) is 25.8 Å². The minimum atomic E-state index is -0.240. The number of halogens is 2. The normalized spacial score (nSPS) is 17.1. The van der Waals surface area contributed by atoms with Gasteiger partial charge in [-0.25, -0.2) is 4.79 Å². The van der Waals surface area contributed by atoms with E-state index in [9.17, 15) is 4.79 Å². The van der Waals surface area contributed by atoms with E-state index in [0.717, 1.165) is 43.7 Å². The van der Waals surface area contributed by atoms with Gasteiger partial charge >= 0.3 is 6.03 Å². The average molecular weight is 512 g/mol. The van der Waals surface area contributed by atoms with Crippen molar-refractivity contribution >= 4 is 35.7 Å². The Hall–Kier alpha value is -2.35. The molecule has 0 spiro atoms. The second-order valence-corrected chi connectivity index (χ2v) is 8.76. The third-order valence-electron chi connectivity index (χ3n) is 6.17. The first-order valence-electron chi connectivity index (χ1n) is 11.3. The standard InChI is InChI=1S/C25H34ClN3O4.ClH/c1-29(14-6-7-17-10-12-18(26)13-11-17)21-9-5-8-20(21)28-25(30)27-19-15-22(31-2)24(33-4)23(16-19)32-3;/h10-13,15-16,20-21H,5-9,14H2,1-4H3,(H2,27,28,30);1H. The Morgan fingerprint density at radius 3 is 2.29 bits per heavy atom. The van der Waals surface area contributed by atoms with Crippen molar-refractivity contribution in [3.8, 4) is 17.2 Å². The third kappa shape index (κ3) is 7.32. The minimum absolute atomic E-state index is 0. The highest BCUT2D eigenvalue weighted by Gasteiger charge is 2.31. The van der Waals surface area contributed by atoms with Crippen molar-refractivity contribution in [2.24, 2.45) is 0 Å². The number of rotatable bonds is 10. The molecule has 0 aromatic heterocycles. The van der Waals surface area contributed by atoms with Crippen LogP contribution >= 0.6 is 24.0 Å². The van der Waals surface area contributed by atoms with Crippen molar-refractivity contribution in [1.29, 1.82) is 0 Å². The summed E-state index contributed by atoms with van der Waals surface area (Å²) in [6, 6.07) is 11.6. The fourth-order valence-electron chi connectivity index (χ4n) is 4.47. The van der Waals surface area contributed by atoms with E-state index in [1.54, 1.807) is 33.5 Å². The molecule has 34 heavy (non-hydrogen) atoms. The fraction of sp³-hybridized carbons (Fsp3) is 0.480. The molecule has 2 amide bonds. The first kappa shape index (κ1) is 27.9. The maximum Gasteiger partial charge on any atom is 0.319 e. The highest BCUT2D eigenvalue weighted by Crippen LogP contribution is 2.40. The summed E-state index contributed by atoms with van der Waals surface area (Å²) in [5.41, 5.74) is 1.87. The molecule has 0 aliphatic heterocycles. The lowest BCUT2D eigenvalue weighted by Crippen LogP contribution is -2.48. The summed E-state index contributed by atoms with van der Waals surface area (Å²) in [6.07, 6.45) is 5.20. The predicted molar refractivity (Wildman–Crippen MR) is 139 cm³/mol. The largest absolute Gasteiger partial charge is 0.493 e. The summed E-state index contributed by atoms with van der Waals surface area (Å²) in [5, 5.41) is 6.82. The van der Waals surface area contributed by atoms with E-state index in [1.807, 2.05) is 12.1 Å². The van der Waals surface area contributed by atoms with Crippen LogP contribution in [0.15, 0.2) is 36.4 Å². The monoisotopic (exact) mass is 511 g/mol. The molecule has 7 nitrogen and oxygen atoms in total. The molecule has 1 aliphatic carbocycles. The molecular weight excluding hydrogens is 477 g/mol. The van der Waals surface area contributed by atoms with Crippen molar-refractivity contribution < 1.29 is 19.0 Å². The van der Waals surface area contributed by atoms with Gasteiger partial charge in [0.1, 0.15) is 0 Å². The fourth-order valence-corrected chi connectivity index (χ4v) is 4.60. The van der Waals surface area contributed by atoms with Crippen LogP contribution < -0.4 is 24.8 Å². The molecular formula is C25H35Cl2N3O4. The number of nitrogens with one attached hydrogen (secondary N) is 2. The lowest BCUT2D eigenvalue weighted by Gasteiger charge is -2.30. The number of likely N-dealkylation sites (N-methyl/N-ethyl adjacent to an activating group) is 1. The van der Waals surface area contributed by atoms with Gasteiger partial charge in [0.2, 0.25) is 5.75 Å². The molecule has 0 bridgehead atoms. The summed E-state index contributed by atoms with van der Waals surface area (Å²) in [6.45, 7) is 0.972. The van der Waals surface area contributed by atoms with E-state index >= 15 is 0 Å². The summed E-state index contributed by atoms with van der Waals surface area (Å²) >= 11 is 5.97. The smallest absolute Gasteiger partial charge is 0.319 e. The maximum atomic E-state index is 12.8. The number of methoxy groups -OCH3 is 3. The van der Waals surface area contributed by atoms with Gasteiger partial charge in [0, 0.05) is 29.2 Å². The van der Waals surface area contributed by atoms with Gasteiger partial charge in [0.25, 0.3) is 0 Å². The summed E-state index contributed by atoms with van der Waals surface area (Å²) in [4.78, 5) is 15.1. The molecule has 188 valence electrons. The van der Waals surface area contributed by atoms with Crippen LogP contribution in [0.3, 0.4) is 0 Å². The van der Waals surface area contributed by atoms with Gasteiger partial charge in [-0.05, 0) is 63.4 Å². The second kappa shape index (κ2) is 13.5. The van der Waals surface area contributed by atoms with Crippen LogP contribution in [0.2, 0.25) is 5.02 Å². The van der Waals surface area contributed by atoms with E-state index in [2.05, 4.69) is 34.7 Å². The maximum absolute atomic E-state index is 12.8. The van der Waals surface area contributed by atoms with Crippen LogP contribution in [0.1, 0.15) is 31.2 Å². The zero-order chi connectivity index (χ0) is 23.8. The molecule has 2 atom stereocenters. The molecule has 2 aromatic carbocycles. The van der Waals surface area contributed by atoms with Gasteiger partial charge < -0.3 is 29.7 Å². The van der Waals surface area contributed by atoms with Gasteiger partial charge in [-0.1, -0.05) is 23.7 Å². The molecule has 1 saturated carbocycles. The average Bonchev–Trinajstić information content (AvgIpc) is 3.27. The number of carbonyl (C=O) groups is 1. The molecule has 2 N–H and O–H groups in total. The molecule has 2 unspecified atom stereocenters. The third-order valence-corrected chi connectivity index (χ3v) is 6.43. The van der Waals surface area contributed by atoms with Crippen LogP contribution in [0.25, 0.3) is 0 Å². The van der Waals surface area contributed by atoms with E-state index in [-0.39, 0.29) is 24.5 Å². The Morgan fingerprint density at radius 1 is 1.06 bits per heavy atom. The minimum Gasteiger partial charge on any atom is -0.493 e. The van der Waals surface area contributed by atoms with Crippen LogP contribution in [0, 0.1) is 0 Å². The highest BCUT2D eigenvalue weighted by molar-refractivity contribution is 6.30. The number of ether oxygens (including phenoxy) is 3. The number of benzene rings is 2. The topological polar surface area (TPSA) is 72.1 Å². The van der Waals surface area contributed by atoms with Crippen molar-refractivity contribution in [3.05, 3.63) is 47.0 Å². The molecule has 0 radical (unpaired) electrons. The lowest BCUT2D eigenvalue weighted by molar-refractivity contribution is 0.205. The summed E-state index contributed by atoms with van der Waals surface area (Å²) in [7, 11) is 6.79. The second-order valence-electron chi connectivity index (χ2n) is 8.33. The van der Waals surface area contributed by atoms with Gasteiger partial charge in [-0.3, -0.25) is 0 Å². The predicted octanol–water partition coefficient (Wildman–Crippen LogP) is 5.39. The van der Waals surface area contributed by atoms with Crippen LogP contribution in [0.5, 0.6) is 17.2 Å². The van der Waals surface area contributed by atoms with Gasteiger partial charge in [-0.15, -0.1) is 12.4 Å². The number of hydrogen-bond donors (Lipinski definition) is 2. The van der Waals surface area contributed by atoms with Crippen molar-refractivity contribution in [3.63, 3.8) is 0 Å². The number of hydrogen-bond acceptors (Lipinski definition) is 5. The number of urea groups is 1. The zero-order valence-electron chi connectivity index (χ0n) is 20.2.